The fourth-order valence-corrected chi connectivity index (χ4v) is 0.403. The van der Waals surface area contributed by atoms with Gasteiger partial charge < -0.3 is 0 Å². The van der Waals surface area contributed by atoms with Gasteiger partial charge in [0.1, 0.15) is 0 Å². The van der Waals surface area contributed by atoms with E-state index >= 15 is 0 Å². The van der Waals surface area contributed by atoms with E-state index in [1.54, 1.807) is 15.0 Å². The molecule has 6 nitrogen and oxygen atoms in total. The largest absolute Gasteiger partial charge is 0.330 e. The first-order chi connectivity index (χ1) is 4.18. The molecule has 51 valence electrons. The second-order valence-electron chi connectivity index (χ2n) is 1.36. The number of rotatable bonds is 0. The summed E-state index contributed by atoms with van der Waals surface area (Å²) in [4.78, 5) is 35.9. The van der Waals surface area contributed by atoms with E-state index in [0.717, 1.165) is 0 Å². The van der Waals surface area contributed by atoms with Gasteiger partial charge in [-0.2, -0.15) is 0 Å². The molecule has 1 rings (SSSR count). The molecular formula is C3H3LaN3O3. The first kappa shape index (κ1) is 9.60. The molecule has 0 spiro atoms. The molecule has 0 amide bonds. The smallest absolute Gasteiger partial charge is 0.259 e. The van der Waals surface area contributed by atoms with Gasteiger partial charge in [0.15, 0.2) is 0 Å². The van der Waals surface area contributed by atoms with Crippen molar-refractivity contribution in [1.82, 2.24) is 15.0 Å². The molecule has 1 aromatic rings. The Morgan fingerprint density at radius 2 is 0.900 bits per heavy atom. The SMILES string of the molecule is O=c1[nH]c(=O)[nH]c(=O)[nH]1.[La]. The van der Waals surface area contributed by atoms with Crippen molar-refractivity contribution >= 4 is 0 Å². The number of hydrogen-bond acceptors (Lipinski definition) is 3. The molecular weight excluding hydrogens is 265 g/mol. The average Bonchev–Trinajstić information content (AvgIpc) is 1.59. The van der Waals surface area contributed by atoms with Crippen molar-refractivity contribution < 1.29 is 35.6 Å². The minimum Gasteiger partial charge on any atom is -0.259 e. The molecule has 3 N–H and O–H groups in total. The van der Waals surface area contributed by atoms with Crippen molar-refractivity contribution in [2.45, 2.75) is 0 Å². The Kier molecular flexibility index (Phi) is 3.55. The van der Waals surface area contributed by atoms with Crippen LogP contribution in [0.3, 0.4) is 0 Å². The summed E-state index contributed by atoms with van der Waals surface area (Å²) in [6.07, 6.45) is 0. The fraction of sp³-hybridized carbons (Fsp3) is 0. The summed E-state index contributed by atoms with van der Waals surface area (Å²) in [5.74, 6) is 0. The maximum atomic E-state index is 10.2. The van der Waals surface area contributed by atoms with Gasteiger partial charge in [-0.1, -0.05) is 0 Å². The summed E-state index contributed by atoms with van der Waals surface area (Å²) in [5, 5.41) is 0. The molecule has 0 saturated carbocycles. The van der Waals surface area contributed by atoms with Crippen molar-refractivity contribution in [3.63, 3.8) is 0 Å². The van der Waals surface area contributed by atoms with E-state index < -0.39 is 17.1 Å². The molecule has 0 aliphatic heterocycles. The Hall–Kier alpha value is -0.395. The van der Waals surface area contributed by atoms with Crippen molar-refractivity contribution in [2.24, 2.45) is 0 Å². The van der Waals surface area contributed by atoms with Crippen LogP contribution in [-0.4, -0.2) is 15.0 Å². The summed E-state index contributed by atoms with van der Waals surface area (Å²) in [7, 11) is 0. The van der Waals surface area contributed by atoms with Gasteiger partial charge in [0.25, 0.3) is 0 Å². The summed E-state index contributed by atoms with van der Waals surface area (Å²) >= 11 is 0. The van der Waals surface area contributed by atoms with E-state index in [1.165, 1.54) is 0 Å². The summed E-state index contributed by atoms with van der Waals surface area (Å²) in [5.41, 5.74) is -2.41. The molecule has 0 unspecified atom stereocenters. The standard InChI is InChI=1S/C3H3N3O3.La/c7-1-4-2(8)6-3(9)5-1;/h(H3,4,5,6,7,8,9);. The van der Waals surface area contributed by atoms with Crippen molar-refractivity contribution in [3.05, 3.63) is 31.5 Å². The molecule has 0 fully saturated rings. The maximum Gasteiger partial charge on any atom is 0.330 e. The Bertz CT molecular complexity index is 281. The Morgan fingerprint density at radius 3 is 1.10 bits per heavy atom. The van der Waals surface area contributed by atoms with Crippen LogP contribution in [0.2, 0.25) is 0 Å². The van der Waals surface area contributed by atoms with Crippen LogP contribution in [0.15, 0.2) is 14.4 Å². The van der Waals surface area contributed by atoms with Gasteiger partial charge in [0.2, 0.25) is 0 Å². The van der Waals surface area contributed by atoms with Crippen LogP contribution in [0.1, 0.15) is 0 Å². The van der Waals surface area contributed by atoms with E-state index in [9.17, 15) is 14.4 Å². The van der Waals surface area contributed by atoms with Gasteiger partial charge in [0, 0.05) is 35.6 Å². The van der Waals surface area contributed by atoms with Gasteiger partial charge in [-0.25, -0.2) is 14.4 Å². The van der Waals surface area contributed by atoms with E-state index in [2.05, 4.69) is 0 Å². The van der Waals surface area contributed by atoms with Crippen molar-refractivity contribution in [3.8, 4) is 0 Å². The molecule has 1 radical (unpaired) electrons. The summed E-state index contributed by atoms with van der Waals surface area (Å²) in [6, 6.07) is 0. The van der Waals surface area contributed by atoms with Gasteiger partial charge in [-0.15, -0.1) is 0 Å². The molecule has 0 aliphatic carbocycles. The van der Waals surface area contributed by atoms with Crippen LogP contribution < -0.4 is 17.1 Å². The van der Waals surface area contributed by atoms with E-state index in [0.29, 0.717) is 0 Å². The predicted octanol–water partition coefficient (Wildman–Crippen LogP) is -2.25. The van der Waals surface area contributed by atoms with Crippen LogP contribution in [0.4, 0.5) is 0 Å². The Balaban J connectivity index is 0.000000810. The Morgan fingerprint density at radius 1 is 0.700 bits per heavy atom. The molecule has 7 heteroatoms. The number of hydrogen-bond donors (Lipinski definition) is 3. The molecule has 1 heterocycles. The van der Waals surface area contributed by atoms with Crippen LogP contribution in [0.5, 0.6) is 0 Å². The zero-order valence-electron chi connectivity index (χ0n) is 4.80. The first-order valence-electron chi connectivity index (χ1n) is 2.11. The van der Waals surface area contributed by atoms with E-state index in [1.807, 2.05) is 0 Å². The topological polar surface area (TPSA) is 98.6 Å². The molecule has 0 aliphatic rings. The maximum absolute atomic E-state index is 10.2. The zero-order chi connectivity index (χ0) is 6.85. The van der Waals surface area contributed by atoms with Crippen LogP contribution in [0.25, 0.3) is 0 Å². The van der Waals surface area contributed by atoms with Gasteiger partial charge in [0.05, 0.1) is 0 Å². The number of nitrogens with one attached hydrogen (secondary N) is 3. The molecule has 1 aromatic heterocycles. The second-order valence-corrected chi connectivity index (χ2v) is 1.36. The summed E-state index contributed by atoms with van der Waals surface area (Å²) < 4.78 is 0. The second kappa shape index (κ2) is 3.70. The van der Waals surface area contributed by atoms with Crippen molar-refractivity contribution in [1.29, 1.82) is 0 Å². The van der Waals surface area contributed by atoms with Crippen molar-refractivity contribution in [2.75, 3.05) is 0 Å². The predicted molar refractivity (Wildman–Crippen MR) is 28.3 cm³/mol. The third-order valence-electron chi connectivity index (χ3n) is 0.681. The molecule has 0 aromatic carbocycles. The number of aromatic amines is 3. The van der Waals surface area contributed by atoms with Gasteiger partial charge in [-0.05, 0) is 0 Å². The van der Waals surface area contributed by atoms with Gasteiger partial charge in [-0.3, -0.25) is 15.0 Å². The minimum absolute atomic E-state index is 0. The molecule has 10 heavy (non-hydrogen) atoms. The van der Waals surface area contributed by atoms with E-state index in [4.69, 9.17) is 0 Å². The van der Waals surface area contributed by atoms with Crippen LogP contribution >= 0.6 is 0 Å². The quantitative estimate of drug-likeness (QED) is 0.495. The monoisotopic (exact) mass is 268 g/mol. The average molecular weight is 268 g/mol. The number of aromatic nitrogens is 3. The fourth-order valence-electron chi connectivity index (χ4n) is 0.403. The molecule has 0 atom stereocenters. The zero-order valence-corrected chi connectivity index (χ0v) is 8.43. The number of H-pyrrole nitrogens is 3. The third kappa shape index (κ3) is 2.46. The molecule has 0 saturated heterocycles. The normalized spacial score (nSPS) is 8.40. The first-order valence-corrected chi connectivity index (χ1v) is 2.11. The van der Waals surface area contributed by atoms with Gasteiger partial charge >= 0.3 is 17.1 Å². The summed E-state index contributed by atoms with van der Waals surface area (Å²) in [6.45, 7) is 0. The third-order valence-corrected chi connectivity index (χ3v) is 0.681. The van der Waals surface area contributed by atoms with E-state index in [-0.39, 0.29) is 35.6 Å². The Labute approximate surface area is 81.7 Å². The minimum atomic E-state index is -0.802. The van der Waals surface area contributed by atoms with Crippen LogP contribution in [-0.2, 0) is 0 Å². The molecule has 0 bridgehead atoms. The van der Waals surface area contributed by atoms with Crippen LogP contribution in [0, 0.1) is 35.6 Å².